The number of aliphatic hydroxyl groups is 5. The molecule has 30 heavy (non-hydrogen) atoms. The molecule has 0 aliphatic carbocycles. The van der Waals surface area contributed by atoms with Crippen LogP contribution < -0.4 is 0 Å². The van der Waals surface area contributed by atoms with Crippen molar-refractivity contribution in [3.8, 4) is 0 Å². The summed E-state index contributed by atoms with van der Waals surface area (Å²) in [5.41, 5.74) is 0. The fourth-order valence-corrected chi connectivity index (χ4v) is 3.63. The minimum Gasteiger partial charge on any atom is -0.394 e. The summed E-state index contributed by atoms with van der Waals surface area (Å²) >= 11 is 0. The number of aliphatic hydroxyl groups excluding tert-OH is 5. The second-order valence-electron chi connectivity index (χ2n) is 7.29. The average Bonchev–Trinajstić information content (AvgIpc) is 2.69. The molecule has 0 aromatic rings. The fraction of sp³-hybridized carbons (Fsp3) is 1.00. The van der Waals surface area contributed by atoms with Gasteiger partial charge in [-0.3, -0.25) is 4.55 Å². The Hall–Kier alpha value is -0.490. The van der Waals surface area contributed by atoms with E-state index in [1.54, 1.807) is 6.92 Å². The van der Waals surface area contributed by atoms with Crippen molar-refractivity contribution in [2.75, 3.05) is 32.7 Å². The molecule has 0 amide bonds. The van der Waals surface area contributed by atoms with Gasteiger partial charge in [0.2, 0.25) is 0 Å². The minimum atomic E-state index is -4.20. The van der Waals surface area contributed by atoms with Crippen LogP contribution in [0.2, 0.25) is 0 Å². The zero-order valence-electron chi connectivity index (χ0n) is 16.6. The Morgan fingerprint density at radius 1 is 0.933 bits per heavy atom. The molecule has 0 aromatic heterocycles. The van der Waals surface area contributed by atoms with E-state index in [1.165, 1.54) is 7.11 Å². The van der Waals surface area contributed by atoms with Crippen LogP contribution >= 0.6 is 0 Å². The molecule has 4 unspecified atom stereocenters. The standard InChI is InChI=1S/C16H30O13S/c1-7-9(6-26-3-4-30(22,23)24)28-16(12(20)10(7)18)29-14-8(5-17)27-15(25-2)13(21)11(14)19/h7-21H,3-6H2,1-2H3,(H,22,23,24)/t7-,8?,9?,10+,11-,12?,13?,14+,15-,16+/m0/s1. The SMILES string of the molecule is CO[C@H]1OC(CO)[C@@H](O[C@H]2OC(COCCS(=O)(=O)O)[C@H](C)[C@@H](O)C2O)[C@@H](O)C1O. The summed E-state index contributed by atoms with van der Waals surface area (Å²) in [7, 11) is -2.95. The quantitative estimate of drug-likeness (QED) is 0.145. The van der Waals surface area contributed by atoms with Crippen molar-refractivity contribution < 1.29 is 62.2 Å². The monoisotopic (exact) mass is 462 g/mol. The van der Waals surface area contributed by atoms with Crippen molar-refractivity contribution in [3.63, 3.8) is 0 Å². The lowest BCUT2D eigenvalue weighted by Crippen LogP contribution is -2.63. The second kappa shape index (κ2) is 10.9. The Morgan fingerprint density at radius 3 is 2.10 bits per heavy atom. The smallest absolute Gasteiger partial charge is 0.267 e. The van der Waals surface area contributed by atoms with Gasteiger partial charge >= 0.3 is 0 Å². The van der Waals surface area contributed by atoms with E-state index >= 15 is 0 Å². The molecule has 10 atom stereocenters. The van der Waals surface area contributed by atoms with E-state index in [0.717, 1.165) is 0 Å². The van der Waals surface area contributed by atoms with E-state index in [1.807, 2.05) is 0 Å². The highest BCUT2D eigenvalue weighted by Crippen LogP contribution is 2.31. The number of hydrogen-bond acceptors (Lipinski definition) is 12. The highest BCUT2D eigenvalue weighted by molar-refractivity contribution is 7.85. The molecule has 178 valence electrons. The van der Waals surface area contributed by atoms with Gasteiger partial charge in [0.15, 0.2) is 12.6 Å². The molecule has 2 fully saturated rings. The molecule has 0 spiro atoms. The van der Waals surface area contributed by atoms with Crippen LogP contribution in [0.4, 0.5) is 0 Å². The van der Waals surface area contributed by atoms with Crippen LogP contribution in [-0.4, -0.2) is 126 Å². The number of methoxy groups -OCH3 is 1. The first-order valence-corrected chi connectivity index (χ1v) is 11.0. The van der Waals surface area contributed by atoms with E-state index < -0.39 is 83.7 Å². The first kappa shape index (κ1) is 25.8. The van der Waals surface area contributed by atoms with Gasteiger partial charge in [0, 0.05) is 13.0 Å². The van der Waals surface area contributed by atoms with Crippen LogP contribution in [0.15, 0.2) is 0 Å². The topological polar surface area (TPSA) is 202 Å². The summed E-state index contributed by atoms with van der Waals surface area (Å²) in [6, 6.07) is 0. The summed E-state index contributed by atoms with van der Waals surface area (Å²) in [6.07, 6.45) is -11.9. The van der Waals surface area contributed by atoms with Gasteiger partial charge in [-0.05, 0) is 0 Å². The van der Waals surface area contributed by atoms with Gasteiger partial charge < -0.3 is 49.2 Å². The third-order valence-electron chi connectivity index (χ3n) is 5.17. The number of ether oxygens (including phenoxy) is 5. The Morgan fingerprint density at radius 2 is 1.53 bits per heavy atom. The molecule has 2 rings (SSSR count). The van der Waals surface area contributed by atoms with Crippen LogP contribution in [0.1, 0.15) is 6.92 Å². The molecule has 13 nitrogen and oxygen atoms in total. The van der Waals surface area contributed by atoms with Gasteiger partial charge in [0.1, 0.15) is 30.5 Å². The minimum absolute atomic E-state index is 0.179. The molecular weight excluding hydrogens is 432 g/mol. The van der Waals surface area contributed by atoms with Crippen molar-refractivity contribution >= 4 is 10.1 Å². The third-order valence-corrected chi connectivity index (χ3v) is 5.86. The van der Waals surface area contributed by atoms with Crippen LogP contribution in [-0.2, 0) is 33.8 Å². The molecule has 0 aromatic carbocycles. The third kappa shape index (κ3) is 6.27. The van der Waals surface area contributed by atoms with Crippen molar-refractivity contribution in [2.24, 2.45) is 5.92 Å². The van der Waals surface area contributed by atoms with E-state index in [0.29, 0.717) is 0 Å². The Labute approximate surface area is 173 Å². The molecule has 14 heteroatoms. The van der Waals surface area contributed by atoms with Crippen LogP contribution in [0.5, 0.6) is 0 Å². The highest BCUT2D eigenvalue weighted by Gasteiger charge is 2.50. The summed E-state index contributed by atoms with van der Waals surface area (Å²) in [5.74, 6) is -1.25. The van der Waals surface area contributed by atoms with Crippen molar-refractivity contribution in [1.29, 1.82) is 0 Å². The Kier molecular flexibility index (Phi) is 9.35. The lowest BCUT2D eigenvalue weighted by molar-refractivity contribution is -0.353. The predicted molar refractivity (Wildman–Crippen MR) is 96.7 cm³/mol. The zero-order chi connectivity index (χ0) is 22.6. The van der Waals surface area contributed by atoms with E-state index in [4.69, 9.17) is 28.2 Å². The largest absolute Gasteiger partial charge is 0.394 e. The molecule has 0 saturated carbocycles. The van der Waals surface area contributed by atoms with Gasteiger partial charge in [-0.2, -0.15) is 8.42 Å². The van der Waals surface area contributed by atoms with E-state index in [9.17, 15) is 34.0 Å². The maximum absolute atomic E-state index is 10.7. The number of rotatable bonds is 9. The van der Waals surface area contributed by atoms with Crippen LogP contribution in [0.25, 0.3) is 0 Å². The molecule has 2 heterocycles. The average molecular weight is 462 g/mol. The number of hydrogen-bond donors (Lipinski definition) is 6. The van der Waals surface area contributed by atoms with E-state index in [-0.39, 0.29) is 13.2 Å². The summed E-state index contributed by atoms with van der Waals surface area (Å²) < 4.78 is 56.8. The Balaban J connectivity index is 2.04. The zero-order valence-corrected chi connectivity index (χ0v) is 17.4. The van der Waals surface area contributed by atoms with Crippen molar-refractivity contribution in [2.45, 2.75) is 62.2 Å². The normalized spacial score (nSPS) is 42.9. The summed E-state index contributed by atoms with van der Waals surface area (Å²) in [4.78, 5) is 0. The van der Waals surface area contributed by atoms with Gasteiger partial charge in [-0.15, -0.1) is 0 Å². The molecular formula is C16H30O13S. The van der Waals surface area contributed by atoms with Gasteiger partial charge in [-0.25, -0.2) is 0 Å². The Bertz CT molecular complexity index is 629. The van der Waals surface area contributed by atoms with Crippen molar-refractivity contribution in [3.05, 3.63) is 0 Å². The van der Waals surface area contributed by atoms with Gasteiger partial charge in [0.05, 0.1) is 37.8 Å². The molecule has 6 N–H and O–H groups in total. The van der Waals surface area contributed by atoms with Gasteiger partial charge in [0.25, 0.3) is 10.1 Å². The van der Waals surface area contributed by atoms with Gasteiger partial charge in [-0.1, -0.05) is 6.92 Å². The lowest BCUT2D eigenvalue weighted by atomic mass is 9.90. The molecule has 2 aliphatic rings. The maximum Gasteiger partial charge on any atom is 0.267 e. The summed E-state index contributed by atoms with van der Waals surface area (Å²) in [5, 5.41) is 50.6. The molecule has 0 bridgehead atoms. The second-order valence-corrected chi connectivity index (χ2v) is 8.86. The highest BCUT2D eigenvalue weighted by atomic mass is 32.2. The molecule has 2 saturated heterocycles. The lowest BCUT2D eigenvalue weighted by Gasteiger charge is -2.46. The first-order valence-electron chi connectivity index (χ1n) is 9.35. The molecule has 0 radical (unpaired) electrons. The van der Waals surface area contributed by atoms with Crippen LogP contribution in [0, 0.1) is 5.92 Å². The maximum atomic E-state index is 10.7. The van der Waals surface area contributed by atoms with Crippen LogP contribution in [0.3, 0.4) is 0 Å². The fourth-order valence-electron chi connectivity index (χ4n) is 3.31. The van der Waals surface area contributed by atoms with E-state index in [2.05, 4.69) is 0 Å². The first-order chi connectivity index (χ1) is 14.0. The molecule has 2 aliphatic heterocycles. The predicted octanol–water partition coefficient (Wildman–Crippen LogP) is -3.56. The summed E-state index contributed by atoms with van der Waals surface area (Å²) in [6.45, 7) is 0.477. The van der Waals surface area contributed by atoms with Crippen molar-refractivity contribution in [1.82, 2.24) is 0 Å².